The molecule has 0 amide bonds. The third-order valence-electron chi connectivity index (χ3n) is 6.29. The molecule has 1 aliphatic carbocycles. The molecule has 0 unspecified atom stereocenters. The largest absolute Gasteiger partial charge is 0.460 e. The lowest BCUT2D eigenvalue weighted by Gasteiger charge is -2.31. The first-order valence-electron chi connectivity index (χ1n) is 11.1. The van der Waals surface area contributed by atoms with Crippen LogP contribution in [-0.2, 0) is 27.5 Å². The standard InChI is InChI=1S/C26H22F6O3/c27-25(28,29)20-13-19(14-21(15-20)26(30,31)32)24(34,23(33)35-22-8-2-1-3-9-22)18-11-10-16-6-4-5-7-17(16)12-18/h4-7,10-15,22,34H,1-3,8-9H2/t24-/m0/s1. The van der Waals surface area contributed by atoms with Crippen LogP contribution < -0.4 is 0 Å². The summed E-state index contributed by atoms with van der Waals surface area (Å²) in [6.45, 7) is 0. The molecule has 1 saturated carbocycles. The Morgan fingerprint density at radius 3 is 1.83 bits per heavy atom. The number of ether oxygens (including phenoxy) is 1. The topological polar surface area (TPSA) is 46.5 Å². The summed E-state index contributed by atoms with van der Waals surface area (Å²) in [6, 6.07) is 11.7. The lowest BCUT2D eigenvalue weighted by molar-refractivity contribution is -0.169. The Morgan fingerprint density at radius 1 is 0.714 bits per heavy atom. The second-order valence-corrected chi connectivity index (χ2v) is 8.73. The molecule has 0 bridgehead atoms. The van der Waals surface area contributed by atoms with E-state index in [0.29, 0.717) is 35.7 Å². The van der Waals surface area contributed by atoms with Gasteiger partial charge in [-0.05, 0) is 60.7 Å². The smallest absolute Gasteiger partial charge is 0.416 e. The highest BCUT2D eigenvalue weighted by Gasteiger charge is 2.46. The van der Waals surface area contributed by atoms with E-state index in [4.69, 9.17) is 4.74 Å². The van der Waals surface area contributed by atoms with E-state index in [1.807, 2.05) is 0 Å². The van der Waals surface area contributed by atoms with Crippen molar-refractivity contribution in [3.63, 3.8) is 0 Å². The van der Waals surface area contributed by atoms with E-state index in [9.17, 15) is 36.2 Å². The quantitative estimate of drug-likeness (QED) is 0.313. The molecule has 1 N–H and O–H groups in total. The number of rotatable bonds is 4. The van der Waals surface area contributed by atoms with Gasteiger partial charge in [-0.25, -0.2) is 4.79 Å². The molecule has 9 heteroatoms. The van der Waals surface area contributed by atoms with Crippen molar-refractivity contribution in [1.82, 2.24) is 0 Å². The predicted molar refractivity (Wildman–Crippen MR) is 116 cm³/mol. The van der Waals surface area contributed by atoms with Gasteiger partial charge in [0.05, 0.1) is 11.1 Å². The first-order valence-corrected chi connectivity index (χ1v) is 11.1. The Labute approximate surface area is 197 Å². The zero-order valence-corrected chi connectivity index (χ0v) is 18.4. The number of benzene rings is 3. The lowest BCUT2D eigenvalue weighted by atomic mass is 9.83. The van der Waals surface area contributed by atoms with Gasteiger partial charge in [-0.1, -0.05) is 42.8 Å². The fourth-order valence-corrected chi connectivity index (χ4v) is 4.40. The SMILES string of the molecule is O=C(OC1CCCCC1)[C@@](O)(c1cc(C(F)(F)F)cc(C(F)(F)F)c1)c1ccc2ccccc2c1. The van der Waals surface area contributed by atoms with Gasteiger partial charge in [0.2, 0.25) is 5.60 Å². The van der Waals surface area contributed by atoms with Crippen LogP contribution in [0.2, 0.25) is 0 Å². The molecule has 4 rings (SSSR count). The second-order valence-electron chi connectivity index (χ2n) is 8.73. The Kier molecular flexibility index (Phi) is 6.57. The molecule has 0 spiro atoms. The predicted octanol–water partition coefficient (Wildman–Crippen LogP) is 6.99. The Bertz CT molecular complexity index is 1200. The molecule has 3 aromatic rings. The third-order valence-corrected chi connectivity index (χ3v) is 6.29. The van der Waals surface area contributed by atoms with Gasteiger partial charge in [-0.3, -0.25) is 0 Å². The number of aliphatic hydroxyl groups is 1. The maximum Gasteiger partial charge on any atom is 0.416 e. The number of carbonyl (C=O) groups excluding carboxylic acids is 1. The molecule has 0 aromatic heterocycles. The van der Waals surface area contributed by atoms with Crippen LogP contribution in [0.15, 0.2) is 60.7 Å². The molecule has 1 atom stereocenters. The number of hydrogen-bond acceptors (Lipinski definition) is 3. The number of halogens is 6. The van der Waals surface area contributed by atoms with Crippen LogP contribution in [0.4, 0.5) is 26.3 Å². The van der Waals surface area contributed by atoms with Gasteiger partial charge in [0.15, 0.2) is 0 Å². The third kappa shape index (κ3) is 5.15. The fraction of sp³-hybridized carbons (Fsp3) is 0.346. The Balaban J connectivity index is 1.92. The Morgan fingerprint density at radius 2 is 1.26 bits per heavy atom. The highest BCUT2D eigenvalue weighted by atomic mass is 19.4. The molecule has 35 heavy (non-hydrogen) atoms. The summed E-state index contributed by atoms with van der Waals surface area (Å²) >= 11 is 0. The van der Waals surface area contributed by atoms with Crippen molar-refractivity contribution < 1.29 is 41.0 Å². The number of fused-ring (bicyclic) bond motifs is 1. The summed E-state index contributed by atoms with van der Waals surface area (Å²) in [5.41, 5.74) is -7.22. The van der Waals surface area contributed by atoms with Crippen LogP contribution in [0.25, 0.3) is 10.8 Å². The first kappa shape index (κ1) is 25.0. The van der Waals surface area contributed by atoms with Crippen molar-refractivity contribution in [2.24, 2.45) is 0 Å². The first-order chi connectivity index (χ1) is 16.4. The van der Waals surface area contributed by atoms with Gasteiger partial charge in [-0.15, -0.1) is 0 Å². The number of hydrogen-bond donors (Lipinski definition) is 1. The van der Waals surface area contributed by atoms with Crippen LogP contribution >= 0.6 is 0 Å². The normalized spacial score (nSPS) is 17.2. The molecule has 3 aromatic carbocycles. The average molecular weight is 496 g/mol. The van der Waals surface area contributed by atoms with Crippen LogP contribution in [0.1, 0.15) is 54.4 Å². The van der Waals surface area contributed by atoms with Crippen molar-refractivity contribution in [2.75, 3.05) is 0 Å². The van der Waals surface area contributed by atoms with Crippen LogP contribution in [-0.4, -0.2) is 17.2 Å². The zero-order chi connectivity index (χ0) is 25.4. The van der Waals surface area contributed by atoms with E-state index in [0.717, 1.165) is 19.3 Å². The Hall–Kier alpha value is -3.07. The average Bonchev–Trinajstić information content (AvgIpc) is 2.82. The van der Waals surface area contributed by atoms with Crippen LogP contribution in [0.5, 0.6) is 0 Å². The number of esters is 1. The van der Waals surface area contributed by atoms with Gasteiger partial charge < -0.3 is 9.84 Å². The molecule has 186 valence electrons. The van der Waals surface area contributed by atoms with Gasteiger partial charge >= 0.3 is 18.3 Å². The van der Waals surface area contributed by atoms with E-state index in [2.05, 4.69) is 0 Å². The molecule has 0 saturated heterocycles. The molecule has 1 fully saturated rings. The summed E-state index contributed by atoms with van der Waals surface area (Å²) in [5.74, 6) is -1.31. The summed E-state index contributed by atoms with van der Waals surface area (Å²) in [5, 5.41) is 12.9. The molecule has 3 nitrogen and oxygen atoms in total. The molecule has 1 aliphatic rings. The molecule has 0 heterocycles. The van der Waals surface area contributed by atoms with Crippen molar-refractivity contribution >= 4 is 16.7 Å². The number of carbonyl (C=O) groups is 1. The molecular formula is C26H22F6O3. The highest BCUT2D eigenvalue weighted by Crippen LogP contribution is 2.41. The minimum atomic E-state index is -5.15. The number of alkyl halides is 6. The van der Waals surface area contributed by atoms with E-state index >= 15 is 0 Å². The minimum absolute atomic E-state index is 0.0449. The second kappa shape index (κ2) is 9.18. The monoisotopic (exact) mass is 496 g/mol. The lowest BCUT2D eigenvalue weighted by Crippen LogP contribution is -2.41. The summed E-state index contributed by atoms with van der Waals surface area (Å²) in [7, 11) is 0. The summed E-state index contributed by atoms with van der Waals surface area (Å²) < 4.78 is 86.7. The molecule has 0 radical (unpaired) electrons. The minimum Gasteiger partial charge on any atom is -0.460 e. The van der Waals surface area contributed by atoms with Gasteiger partial charge in [0.25, 0.3) is 0 Å². The highest BCUT2D eigenvalue weighted by molar-refractivity contribution is 5.89. The molecule has 0 aliphatic heterocycles. The molecular weight excluding hydrogens is 474 g/mol. The maximum absolute atomic E-state index is 13.5. The van der Waals surface area contributed by atoms with Crippen LogP contribution in [0.3, 0.4) is 0 Å². The van der Waals surface area contributed by atoms with Gasteiger partial charge in [0, 0.05) is 11.1 Å². The summed E-state index contributed by atoms with van der Waals surface area (Å²) in [4.78, 5) is 13.4. The van der Waals surface area contributed by atoms with E-state index < -0.39 is 46.7 Å². The van der Waals surface area contributed by atoms with Crippen molar-refractivity contribution in [3.05, 3.63) is 82.9 Å². The van der Waals surface area contributed by atoms with Crippen molar-refractivity contribution in [1.29, 1.82) is 0 Å². The van der Waals surface area contributed by atoms with Crippen LogP contribution in [0, 0.1) is 0 Å². The van der Waals surface area contributed by atoms with E-state index in [-0.39, 0.29) is 11.6 Å². The maximum atomic E-state index is 13.5. The van der Waals surface area contributed by atoms with Gasteiger partial charge in [-0.2, -0.15) is 26.3 Å². The fourth-order valence-electron chi connectivity index (χ4n) is 4.40. The van der Waals surface area contributed by atoms with Crippen molar-refractivity contribution in [3.8, 4) is 0 Å². The van der Waals surface area contributed by atoms with Gasteiger partial charge in [0.1, 0.15) is 6.10 Å². The van der Waals surface area contributed by atoms with Crippen molar-refractivity contribution in [2.45, 2.75) is 56.2 Å². The zero-order valence-electron chi connectivity index (χ0n) is 18.4. The van der Waals surface area contributed by atoms with E-state index in [1.165, 1.54) is 18.2 Å². The van der Waals surface area contributed by atoms with E-state index in [1.54, 1.807) is 24.3 Å². The summed E-state index contributed by atoms with van der Waals surface area (Å²) in [6.07, 6.45) is -7.45.